The highest BCUT2D eigenvalue weighted by Gasteiger charge is 2.20. The summed E-state index contributed by atoms with van der Waals surface area (Å²) < 4.78 is 27.8. The highest BCUT2D eigenvalue weighted by molar-refractivity contribution is 7.90. The van der Waals surface area contributed by atoms with E-state index in [2.05, 4.69) is 5.32 Å². The molecule has 0 fully saturated rings. The first kappa shape index (κ1) is 19.3. The van der Waals surface area contributed by atoms with E-state index >= 15 is 0 Å². The number of hydrogen-bond acceptors (Lipinski definition) is 4. The fourth-order valence-electron chi connectivity index (χ4n) is 2.27. The summed E-state index contributed by atoms with van der Waals surface area (Å²) in [4.78, 5) is 13.6. The van der Waals surface area contributed by atoms with Crippen molar-refractivity contribution >= 4 is 15.9 Å². The summed E-state index contributed by atoms with van der Waals surface area (Å²) in [7, 11) is 0.0920. The number of methoxy groups -OCH3 is 1. The molecule has 6 nitrogen and oxygen atoms in total. The molecule has 1 rings (SSSR count). The Morgan fingerprint density at radius 1 is 1.35 bits per heavy atom. The van der Waals surface area contributed by atoms with Crippen molar-refractivity contribution in [1.82, 2.24) is 10.2 Å². The third kappa shape index (κ3) is 6.90. The molecule has 130 valence electrons. The molecule has 0 aliphatic heterocycles. The number of sulfone groups is 1. The second-order valence-electron chi connectivity index (χ2n) is 5.96. The Labute approximate surface area is 138 Å². The monoisotopic (exact) mass is 342 g/mol. The van der Waals surface area contributed by atoms with E-state index in [1.807, 2.05) is 31.2 Å². The maximum absolute atomic E-state index is 12.2. The van der Waals surface area contributed by atoms with Gasteiger partial charge in [-0.3, -0.25) is 0 Å². The van der Waals surface area contributed by atoms with E-state index in [4.69, 9.17) is 4.74 Å². The first-order valence-corrected chi connectivity index (χ1v) is 9.52. The van der Waals surface area contributed by atoms with Crippen LogP contribution in [0.4, 0.5) is 4.79 Å². The molecule has 0 heterocycles. The maximum atomic E-state index is 12.2. The van der Waals surface area contributed by atoms with Crippen LogP contribution >= 0.6 is 0 Å². The minimum absolute atomic E-state index is 0.0544. The summed E-state index contributed by atoms with van der Waals surface area (Å²) in [6.45, 7) is 3.62. The number of rotatable bonds is 7. The van der Waals surface area contributed by atoms with Crippen LogP contribution in [0, 0.1) is 0 Å². The van der Waals surface area contributed by atoms with E-state index in [9.17, 15) is 13.2 Å². The van der Waals surface area contributed by atoms with Gasteiger partial charge in [-0.05, 0) is 38.0 Å². The summed E-state index contributed by atoms with van der Waals surface area (Å²) >= 11 is 0. The summed E-state index contributed by atoms with van der Waals surface area (Å²) in [6.07, 6.45) is 1.83. The standard InChI is InChI=1S/C16H26N2O4S/c1-12(9-14-7-6-8-15(10-14)22-4)17-16(19)18(3)13(2)11-23(5,20)21/h6-8,10,12-13H,9,11H2,1-5H3,(H,17,19)/t12-,13+/m0/s1. The van der Waals surface area contributed by atoms with Gasteiger partial charge in [0.15, 0.2) is 0 Å². The molecule has 0 unspecified atom stereocenters. The van der Waals surface area contributed by atoms with Crippen molar-refractivity contribution in [2.24, 2.45) is 0 Å². The smallest absolute Gasteiger partial charge is 0.317 e. The van der Waals surface area contributed by atoms with Crippen LogP contribution in [0.15, 0.2) is 24.3 Å². The van der Waals surface area contributed by atoms with Crippen molar-refractivity contribution in [3.8, 4) is 5.75 Å². The summed E-state index contributed by atoms with van der Waals surface area (Å²) in [5, 5.41) is 2.88. The van der Waals surface area contributed by atoms with Gasteiger partial charge in [-0.25, -0.2) is 13.2 Å². The van der Waals surface area contributed by atoms with Gasteiger partial charge in [-0.2, -0.15) is 0 Å². The normalized spacial score (nSPS) is 14.0. The molecule has 0 bridgehead atoms. The van der Waals surface area contributed by atoms with Crippen LogP contribution in [0.5, 0.6) is 5.75 Å². The molecule has 23 heavy (non-hydrogen) atoms. The zero-order valence-corrected chi connectivity index (χ0v) is 15.2. The molecule has 1 aromatic carbocycles. The molecule has 0 aliphatic carbocycles. The Morgan fingerprint density at radius 2 is 2.00 bits per heavy atom. The van der Waals surface area contributed by atoms with Crippen molar-refractivity contribution in [2.45, 2.75) is 32.4 Å². The Bertz CT molecular complexity index is 631. The number of urea groups is 1. The number of ether oxygens (including phenoxy) is 1. The predicted octanol–water partition coefficient (Wildman–Crippen LogP) is 1.70. The van der Waals surface area contributed by atoms with Gasteiger partial charge in [0.25, 0.3) is 0 Å². The van der Waals surface area contributed by atoms with Gasteiger partial charge in [0.2, 0.25) is 0 Å². The third-order valence-corrected chi connectivity index (χ3v) is 4.66. The van der Waals surface area contributed by atoms with Gasteiger partial charge in [0.1, 0.15) is 15.6 Å². The molecule has 7 heteroatoms. The van der Waals surface area contributed by atoms with Crippen LogP contribution in [0.25, 0.3) is 0 Å². The largest absolute Gasteiger partial charge is 0.497 e. The van der Waals surface area contributed by atoms with Crippen LogP contribution in [-0.2, 0) is 16.3 Å². The summed E-state index contributed by atoms with van der Waals surface area (Å²) in [5.41, 5.74) is 1.06. The lowest BCUT2D eigenvalue weighted by atomic mass is 10.1. The van der Waals surface area contributed by atoms with E-state index in [-0.39, 0.29) is 23.9 Å². The molecule has 1 N–H and O–H groups in total. The topological polar surface area (TPSA) is 75.7 Å². The van der Waals surface area contributed by atoms with E-state index in [0.29, 0.717) is 6.42 Å². The Balaban J connectivity index is 2.58. The molecule has 0 aromatic heterocycles. The lowest BCUT2D eigenvalue weighted by Crippen LogP contribution is -2.48. The average molecular weight is 342 g/mol. The highest BCUT2D eigenvalue weighted by atomic mass is 32.2. The quantitative estimate of drug-likeness (QED) is 0.818. The van der Waals surface area contributed by atoms with E-state index in [1.165, 1.54) is 11.2 Å². The number of amides is 2. The number of hydrogen-bond donors (Lipinski definition) is 1. The maximum Gasteiger partial charge on any atom is 0.317 e. The lowest BCUT2D eigenvalue weighted by molar-refractivity contribution is 0.194. The van der Waals surface area contributed by atoms with Crippen molar-refractivity contribution in [3.63, 3.8) is 0 Å². The highest BCUT2D eigenvalue weighted by Crippen LogP contribution is 2.14. The Hall–Kier alpha value is -1.76. The molecular weight excluding hydrogens is 316 g/mol. The molecule has 0 aliphatic rings. The summed E-state index contributed by atoms with van der Waals surface area (Å²) in [5.74, 6) is 0.723. The van der Waals surface area contributed by atoms with E-state index in [0.717, 1.165) is 11.3 Å². The van der Waals surface area contributed by atoms with Gasteiger partial charge < -0.3 is 15.0 Å². The first-order chi connectivity index (χ1) is 10.6. The number of carbonyl (C=O) groups is 1. The zero-order valence-electron chi connectivity index (χ0n) is 14.4. The van der Waals surface area contributed by atoms with Gasteiger partial charge in [-0.15, -0.1) is 0 Å². The van der Waals surface area contributed by atoms with Crippen molar-refractivity contribution < 1.29 is 17.9 Å². The minimum atomic E-state index is -3.12. The molecule has 0 saturated heterocycles. The van der Waals surface area contributed by atoms with E-state index < -0.39 is 9.84 Å². The summed E-state index contributed by atoms with van der Waals surface area (Å²) in [6, 6.07) is 6.93. The lowest BCUT2D eigenvalue weighted by Gasteiger charge is -2.26. The van der Waals surface area contributed by atoms with Gasteiger partial charge >= 0.3 is 6.03 Å². The molecule has 1 aromatic rings. The fourth-order valence-corrected chi connectivity index (χ4v) is 3.37. The van der Waals surface area contributed by atoms with Gasteiger partial charge in [0, 0.05) is 25.4 Å². The van der Waals surface area contributed by atoms with Gasteiger partial charge in [-0.1, -0.05) is 12.1 Å². The SMILES string of the molecule is COc1cccc(C[C@H](C)NC(=O)N(C)[C@H](C)CS(C)(=O)=O)c1. The van der Waals surface area contributed by atoms with Crippen LogP contribution in [0.2, 0.25) is 0 Å². The zero-order chi connectivity index (χ0) is 17.6. The number of carbonyl (C=O) groups excluding carboxylic acids is 1. The van der Waals surface area contributed by atoms with E-state index in [1.54, 1.807) is 21.1 Å². The second-order valence-corrected chi connectivity index (χ2v) is 8.14. The van der Waals surface area contributed by atoms with Crippen molar-refractivity contribution in [3.05, 3.63) is 29.8 Å². The van der Waals surface area contributed by atoms with Crippen LogP contribution in [0.1, 0.15) is 19.4 Å². The molecule has 2 amide bonds. The number of benzene rings is 1. The molecular formula is C16H26N2O4S. The average Bonchev–Trinajstić information content (AvgIpc) is 2.44. The number of nitrogens with zero attached hydrogens (tertiary/aromatic N) is 1. The van der Waals surface area contributed by atoms with Crippen molar-refractivity contribution in [1.29, 1.82) is 0 Å². The fraction of sp³-hybridized carbons (Fsp3) is 0.562. The first-order valence-electron chi connectivity index (χ1n) is 7.46. The third-order valence-electron chi connectivity index (χ3n) is 3.57. The molecule has 0 spiro atoms. The molecule has 0 saturated carbocycles. The van der Waals surface area contributed by atoms with Crippen molar-refractivity contribution in [2.75, 3.05) is 26.2 Å². The molecule has 2 atom stereocenters. The Morgan fingerprint density at radius 3 is 2.57 bits per heavy atom. The Kier molecular flexibility index (Phi) is 6.87. The van der Waals surface area contributed by atoms with Crippen LogP contribution in [-0.4, -0.2) is 57.6 Å². The van der Waals surface area contributed by atoms with Crippen LogP contribution in [0.3, 0.4) is 0 Å². The number of nitrogens with one attached hydrogen (secondary N) is 1. The van der Waals surface area contributed by atoms with Crippen LogP contribution < -0.4 is 10.1 Å². The molecule has 0 radical (unpaired) electrons. The van der Waals surface area contributed by atoms with Gasteiger partial charge in [0.05, 0.1) is 12.9 Å². The second kappa shape index (κ2) is 8.19. The minimum Gasteiger partial charge on any atom is -0.497 e. The predicted molar refractivity (Wildman–Crippen MR) is 91.6 cm³/mol.